The first-order valence-electron chi connectivity index (χ1n) is 8.07. The molecule has 0 fully saturated rings. The number of halogens is 1. The number of carbonyl (C=O) groups excluding carboxylic acids is 1. The third kappa shape index (κ3) is 3.75. The Kier molecular flexibility index (Phi) is 5.20. The molecule has 0 aliphatic heterocycles. The zero-order chi connectivity index (χ0) is 18.0. The van der Waals surface area contributed by atoms with Crippen molar-refractivity contribution >= 4 is 34.7 Å². The van der Waals surface area contributed by atoms with Gasteiger partial charge in [0.25, 0.3) is 5.91 Å². The summed E-state index contributed by atoms with van der Waals surface area (Å²) in [5.41, 5.74) is 1.61. The minimum absolute atomic E-state index is 0.173. The number of aromatic nitrogens is 3. The number of aryl methyl sites for hydroxylation is 1. The molecule has 1 atom stereocenters. The first-order chi connectivity index (χ1) is 12.0. The molecule has 2 heterocycles. The second kappa shape index (κ2) is 7.37. The van der Waals surface area contributed by atoms with E-state index < -0.39 is 0 Å². The second-order valence-electron chi connectivity index (χ2n) is 5.82. The monoisotopic (exact) mass is 374 g/mol. The normalized spacial score (nSPS) is 12.2. The SMILES string of the molecule is CCC(C)n1nccc1NC(=O)c1sc(-c2cccc(Cl)c2)nc1C. The molecular weight excluding hydrogens is 356 g/mol. The number of benzene rings is 1. The minimum Gasteiger partial charge on any atom is -0.306 e. The van der Waals surface area contributed by atoms with Crippen LogP contribution in [0, 0.1) is 6.92 Å². The predicted octanol–water partition coefficient (Wildman–Crippen LogP) is 5.19. The molecule has 3 rings (SSSR count). The summed E-state index contributed by atoms with van der Waals surface area (Å²) in [5.74, 6) is 0.518. The number of anilines is 1. The van der Waals surface area contributed by atoms with Crippen LogP contribution in [0.25, 0.3) is 10.6 Å². The summed E-state index contributed by atoms with van der Waals surface area (Å²) < 4.78 is 1.83. The van der Waals surface area contributed by atoms with Crippen molar-refractivity contribution in [3.63, 3.8) is 0 Å². The van der Waals surface area contributed by atoms with Gasteiger partial charge in [-0.25, -0.2) is 9.67 Å². The van der Waals surface area contributed by atoms with Crippen LogP contribution in [0.5, 0.6) is 0 Å². The largest absolute Gasteiger partial charge is 0.306 e. The number of rotatable bonds is 5. The van der Waals surface area contributed by atoms with Crippen molar-refractivity contribution < 1.29 is 4.79 Å². The summed E-state index contributed by atoms with van der Waals surface area (Å²) in [4.78, 5) is 17.8. The Morgan fingerprint density at radius 3 is 2.92 bits per heavy atom. The van der Waals surface area contributed by atoms with E-state index in [0.717, 1.165) is 17.0 Å². The molecule has 25 heavy (non-hydrogen) atoms. The standard InChI is InChI=1S/C18H19ClN4OS/c1-4-11(2)23-15(8-9-20-23)22-17(24)16-12(3)21-18(25-16)13-6-5-7-14(19)10-13/h5-11H,4H2,1-3H3,(H,22,24). The summed E-state index contributed by atoms with van der Waals surface area (Å²) >= 11 is 7.41. The van der Waals surface area contributed by atoms with E-state index in [1.165, 1.54) is 11.3 Å². The molecule has 3 aromatic rings. The lowest BCUT2D eigenvalue weighted by atomic mass is 10.2. The summed E-state index contributed by atoms with van der Waals surface area (Å²) in [6.07, 6.45) is 2.63. The van der Waals surface area contributed by atoms with Gasteiger partial charge in [0.1, 0.15) is 15.7 Å². The van der Waals surface area contributed by atoms with Gasteiger partial charge in [0, 0.05) is 16.7 Å². The molecule has 0 aliphatic rings. The van der Waals surface area contributed by atoms with E-state index in [1.54, 1.807) is 12.3 Å². The highest BCUT2D eigenvalue weighted by Crippen LogP contribution is 2.30. The number of nitrogens with zero attached hydrogens (tertiary/aromatic N) is 3. The van der Waals surface area contributed by atoms with Gasteiger partial charge in [-0.15, -0.1) is 11.3 Å². The van der Waals surface area contributed by atoms with Crippen molar-refractivity contribution in [3.05, 3.63) is 52.1 Å². The molecule has 1 aromatic carbocycles. The number of thiazole rings is 1. The first kappa shape index (κ1) is 17.6. The van der Waals surface area contributed by atoms with E-state index in [4.69, 9.17) is 11.6 Å². The maximum absolute atomic E-state index is 12.7. The Morgan fingerprint density at radius 1 is 1.40 bits per heavy atom. The molecule has 0 spiro atoms. The zero-order valence-corrected chi connectivity index (χ0v) is 15.9. The van der Waals surface area contributed by atoms with Crippen molar-refractivity contribution in [3.8, 4) is 10.6 Å². The van der Waals surface area contributed by atoms with Crippen molar-refractivity contribution in [2.24, 2.45) is 0 Å². The Hall–Kier alpha value is -2.18. The van der Waals surface area contributed by atoms with E-state index >= 15 is 0 Å². The van der Waals surface area contributed by atoms with Crippen LogP contribution in [0.15, 0.2) is 36.5 Å². The van der Waals surface area contributed by atoms with E-state index in [-0.39, 0.29) is 11.9 Å². The smallest absolute Gasteiger partial charge is 0.268 e. The molecule has 1 amide bonds. The highest BCUT2D eigenvalue weighted by atomic mass is 35.5. The van der Waals surface area contributed by atoms with Crippen LogP contribution in [-0.2, 0) is 0 Å². The predicted molar refractivity (Wildman–Crippen MR) is 102 cm³/mol. The van der Waals surface area contributed by atoms with Crippen LogP contribution < -0.4 is 5.32 Å². The fraction of sp³-hybridized carbons (Fsp3) is 0.278. The lowest BCUT2D eigenvalue weighted by Gasteiger charge is -2.13. The van der Waals surface area contributed by atoms with Gasteiger partial charge < -0.3 is 5.32 Å². The molecule has 130 valence electrons. The molecule has 1 N–H and O–H groups in total. The summed E-state index contributed by atoms with van der Waals surface area (Å²) in [6, 6.07) is 9.49. The molecule has 0 saturated heterocycles. The van der Waals surface area contributed by atoms with E-state index in [2.05, 4.69) is 29.2 Å². The van der Waals surface area contributed by atoms with Gasteiger partial charge in [-0.05, 0) is 32.4 Å². The molecule has 5 nitrogen and oxygen atoms in total. The second-order valence-corrected chi connectivity index (χ2v) is 7.25. The van der Waals surface area contributed by atoms with Crippen LogP contribution in [-0.4, -0.2) is 20.7 Å². The number of hydrogen-bond donors (Lipinski definition) is 1. The number of hydrogen-bond acceptors (Lipinski definition) is 4. The average Bonchev–Trinajstić information content (AvgIpc) is 3.20. The lowest BCUT2D eigenvalue weighted by molar-refractivity contribution is 0.102. The highest BCUT2D eigenvalue weighted by molar-refractivity contribution is 7.17. The number of nitrogens with one attached hydrogen (secondary N) is 1. The zero-order valence-electron chi connectivity index (χ0n) is 14.3. The molecule has 1 unspecified atom stereocenters. The quantitative estimate of drug-likeness (QED) is 0.668. The molecule has 7 heteroatoms. The van der Waals surface area contributed by atoms with Gasteiger partial charge in [0.2, 0.25) is 0 Å². The molecule has 2 aromatic heterocycles. The van der Waals surface area contributed by atoms with Crippen LogP contribution in [0.2, 0.25) is 5.02 Å². The van der Waals surface area contributed by atoms with E-state index in [9.17, 15) is 4.79 Å². The lowest BCUT2D eigenvalue weighted by Crippen LogP contribution is -2.17. The molecular formula is C18H19ClN4OS. The Labute approximate surface area is 155 Å². The van der Waals surface area contributed by atoms with Crippen LogP contribution in [0.1, 0.15) is 41.7 Å². The topological polar surface area (TPSA) is 59.8 Å². The molecule has 0 bridgehead atoms. The van der Waals surface area contributed by atoms with Crippen molar-refractivity contribution in [1.82, 2.24) is 14.8 Å². The Bertz CT molecular complexity index is 902. The maximum atomic E-state index is 12.7. The maximum Gasteiger partial charge on any atom is 0.268 e. The Morgan fingerprint density at radius 2 is 2.20 bits per heavy atom. The van der Waals surface area contributed by atoms with Crippen molar-refractivity contribution in [2.75, 3.05) is 5.32 Å². The van der Waals surface area contributed by atoms with E-state index in [0.29, 0.717) is 21.4 Å². The Balaban J connectivity index is 1.85. The fourth-order valence-electron chi connectivity index (χ4n) is 2.46. The summed E-state index contributed by atoms with van der Waals surface area (Å²) in [5, 5.41) is 8.66. The van der Waals surface area contributed by atoms with Gasteiger partial charge in [-0.2, -0.15) is 5.10 Å². The van der Waals surface area contributed by atoms with Gasteiger partial charge in [0.05, 0.1) is 17.9 Å². The van der Waals surface area contributed by atoms with Crippen LogP contribution in [0.3, 0.4) is 0 Å². The van der Waals surface area contributed by atoms with Crippen molar-refractivity contribution in [2.45, 2.75) is 33.2 Å². The van der Waals surface area contributed by atoms with Gasteiger partial charge in [0.15, 0.2) is 0 Å². The summed E-state index contributed by atoms with van der Waals surface area (Å²) in [7, 11) is 0. The van der Waals surface area contributed by atoms with Crippen molar-refractivity contribution in [1.29, 1.82) is 0 Å². The van der Waals surface area contributed by atoms with Gasteiger partial charge in [-0.3, -0.25) is 4.79 Å². The third-order valence-electron chi connectivity index (χ3n) is 3.99. The average molecular weight is 375 g/mol. The fourth-order valence-corrected chi connectivity index (χ4v) is 3.61. The number of carbonyl (C=O) groups is 1. The third-order valence-corrected chi connectivity index (χ3v) is 5.43. The van der Waals surface area contributed by atoms with Gasteiger partial charge >= 0.3 is 0 Å². The highest BCUT2D eigenvalue weighted by Gasteiger charge is 2.18. The first-order valence-corrected chi connectivity index (χ1v) is 9.27. The van der Waals surface area contributed by atoms with Gasteiger partial charge in [-0.1, -0.05) is 30.7 Å². The summed E-state index contributed by atoms with van der Waals surface area (Å²) in [6.45, 7) is 5.99. The minimum atomic E-state index is -0.173. The molecule has 0 aliphatic carbocycles. The molecule has 0 saturated carbocycles. The number of amides is 1. The molecule has 0 radical (unpaired) electrons. The van der Waals surface area contributed by atoms with Crippen LogP contribution >= 0.6 is 22.9 Å². The van der Waals surface area contributed by atoms with Crippen LogP contribution in [0.4, 0.5) is 5.82 Å². The van der Waals surface area contributed by atoms with E-state index in [1.807, 2.05) is 35.9 Å².